The fourth-order valence-electron chi connectivity index (χ4n) is 1.96. The molecule has 0 saturated carbocycles. The largest absolute Gasteiger partial charge is 0.378 e. The predicted octanol–water partition coefficient (Wildman–Crippen LogP) is 1.66. The van der Waals surface area contributed by atoms with E-state index in [0.29, 0.717) is 19.1 Å². The quantitative estimate of drug-likeness (QED) is 0.843. The standard InChI is InChI=1S/C13H18N2O2/c16-13(6-5-12-4-2-8-17-12)15-10-11-3-1-7-14-9-11/h1,3,7,9,12H,2,4-6,8,10H2,(H,15,16). The molecule has 1 aliphatic rings. The number of nitrogens with zero attached hydrogens (tertiary/aromatic N) is 1. The average Bonchev–Trinajstić information content (AvgIpc) is 2.88. The van der Waals surface area contributed by atoms with Crippen LogP contribution in [0.2, 0.25) is 0 Å². The molecule has 92 valence electrons. The van der Waals surface area contributed by atoms with E-state index < -0.39 is 0 Å². The number of ether oxygens (including phenoxy) is 1. The van der Waals surface area contributed by atoms with Gasteiger partial charge >= 0.3 is 0 Å². The van der Waals surface area contributed by atoms with Gasteiger partial charge < -0.3 is 10.1 Å². The smallest absolute Gasteiger partial charge is 0.220 e. The molecule has 0 radical (unpaired) electrons. The van der Waals surface area contributed by atoms with Crippen molar-refractivity contribution in [3.8, 4) is 0 Å². The van der Waals surface area contributed by atoms with Crippen LogP contribution in [0.1, 0.15) is 31.2 Å². The average molecular weight is 234 g/mol. The number of carbonyl (C=O) groups is 1. The van der Waals surface area contributed by atoms with Crippen LogP contribution < -0.4 is 5.32 Å². The molecule has 2 heterocycles. The molecule has 1 aromatic rings. The number of rotatable bonds is 5. The first-order valence-corrected chi connectivity index (χ1v) is 6.12. The van der Waals surface area contributed by atoms with Crippen LogP contribution in [0.5, 0.6) is 0 Å². The molecule has 0 aliphatic carbocycles. The third-order valence-corrected chi connectivity index (χ3v) is 2.93. The van der Waals surface area contributed by atoms with Crippen LogP contribution >= 0.6 is 0 Å². The van der Waals surface area contributed by atoms with Crippen molar-refractivity contribution in [3.63, 3.8) is 0 Å². The number of aromatic nitrogens is 1. The maximum Gasteiger partial charge on any atom is 0.220 e. The zero-order valence-electron chi connectivity index (χ0n) is 9.89. The van der Waals surface area contributed by atoms with E-state index in [9.17, 15) is 4.79 Å². The summed E-state index contributed by atoms with van der Waals surface area (Å²) in [5.41, 5.74) is 1.03. The van der Waals surface area contributed by atoms with Gasteiger partial charge in [0, 0.05) is 32.0 Å². The lowest BCUT2D eigenvalue weighted by Gasteiger charge is -2.09. The lowest BCUT2D eigenvalue weighted by molar-refractivity contribution is -0.121. The Bertz CT molecular complexity index is 348. The number of carbonyl (C=O) groups excluding carboxylic acids is 1. The highest BCUT2D eigenvalue weighted by molar-refractivity contribution is 5.75. The summed E-state index contributed by atoms with van der Waals surface area (Å²) in [7, 11) is 0. The van der Waals surface area contributed by atoms with E-state index in [1.165, 1.54) is 0 Å². The molecule has 1 atom stereocenters. The van der Waals surface area contributed by atoms with Gasteiger partial charge in [0.05, 0.1) is 6.10 Å². The topological polar surface area (TPSA) is 51.2 Å². The highest BCUT2D eigenvalue weighted by Gasteiger charge is 2.16. The summed E-state index contributed by atoms with van der Waals surface area (Å²) in [6, 6.07) is 3.82. The summed E-state index contributed by atoms with van der Waals surface area (Å²) in [4.78, 5) is 15.6. The number of hydrogen-bond donors (Lipinski definition) is 1. The van der Waals surface area contributed by atoms with E-state index in [1.807, 2.05) is 12.1 Å². The lowest BCUT2D eigenvalue weighted by Crippen LogP contribution is -2.23. The van der Waals surface area contributed by atoms with Gasteiger partial charge in [0.2, 0.25) is 5.91 Å². The molecule has 0 bridgehead atoms. The Kier molecular flexibility index (Phi) is 4.50. The van der Waals surface area contributed by atoms with Gasteiger partial charge in [-0.05, 0) is 30.9 Å². The molecular formula is C13H18N2O2. The first kappa shape index (κ1) is 12.0. The fourth-order valence-corrected chi connectivity index (χ4v) is 1.96. The first-order valence-electron chi connectivity index (χ1n) is 6.12. The number of nitrogens with one attached hydrogen (secondary N) is 1. The van der Waals surface area contributed by atoms with Crippen molar-refractivity contribution < 1.29 is 9.53 Å². The molecule has 0 aromatic carbocycles. The molecule has 17 heavy (non-hydrogen) atoms. The van der Waals surface area contributed by atoms with E-state index in [1.54, 1.807) is 12.4 Å². The summed E-state index contributed by atoms with van der Waals surface area (Å²) in [5.74, 6) is 0.0874. The minimum absolute atomic E-state index is 0.0874. The monoisotopic (exact) mass is 234 g/mol. The Morgan fingerprint density at radius 3 is 3.24 bits per heavy atom. The van der Waals surface area contributed by atoms with Gasteiger partial charge in [-0.25, -0.2) is 0 Å². The van der Waals surface area contributed by atoms with Crippen molar-refractivity contribution >= 4 is 5.91 Å². The van der Waals surface area contributed by atoms with E-state index in [-0.39, 0.29) is 5.91 Å². The molecule has 1 amide bonds. The minimum atomic E-state index is 0.0874. The minimum Gasteiger partial charge on any atom is -0.378 e. The van der Waals surface area contributed by atoms with Gasteiger partial charge in [-0.1, -0.05) is 6.07 Å². The van der Waals surface area contributed by atoms with Gasteiger partial charge in [-0.3, -0.25) is 9.78 Å². The number of pyridine rings is 1. The molecule has 1 fully saturated rings. The van der Waals surface area contributed by atoms with E-state index >= 15 is 0 Å². The summed E-state index contributed by atoms with van der Waals surface area (Å²) in [6.45, 7) is 1.40. The highest BCUT2D eigenvalue weighted by Crippen LogP contribution is 2.16. The fraction of sp³-hybridized carbons (Fsp3) is 0.538. The van der Waals surface area contributed by atoms with Gasteiger partial charge in [0.25, 0.3) is 0 Å². The number of hydrogen-bond acceptors (Lipinski definition) is 3. The van der Waals surface area contributed by atoms with Crippen LogP contribution in [0, 0.1) is 0 Å². The van der Waals surface area contributed by atoms with Crippen LogP contribution in [0.4, 0.5) is 0 Å². The van der Waals surface area contributed by atoms with Gasteiger partial charge in [0.15, 0.2) is 0 Å². The third-order valence-electron chi connectivity index (χ3n) is 2.93. The van der Waals surface area contributed by atoms with E-state index in [4.69, 9.17) is 4.74 Å². The summed E-state index contributed by atoms with van der Waals surface area (Å²) >= 11 is 0. The second-order valence-electron chi connectivity index (χ2n) is 4.31. The molecule has 4 nitrogen and oxygen atoms in total. The SMILES string of the molecule is O=C(CCC1CCCO1)NCc1cccnc1. The maximum absolute atomic E-state index is 11.6. The Morgan fingerprint density at radius 1 is 1.59 bits per heavy atom. The second-order valence-corrected chi connectivity index (χ2v) is 4.31. The third kappa shape index (κ3) is 4.15. The van der Waals surface area contributed by atoms with Crippen LogP contribution in [0.15, 0.2) is 24.5 Å². The Morgan fingerprint density at radius 2 is 2.53 bits per heavy atom. The maximum atomic E-state index is 11.6. The Hall–Kier alpha value is -1.42. The van der Waals surface area contributed by atoms with E-state index in [0.717, 1.165) is 31.4 Å². The molecule has 1 aromatic heterocycles. The van der Waals surface area contributed by atoms with Gasteiger partial charge in [0.1, 0.15) is 0 Å². The highest BCUT2D eigenvalue weighted by atomic mass is 16.5. The molecular weight excluding hydrogens is 216 g/mol. The summed E-state index contributed by atoms with van der Waals surface area (Å²) < 4.78 is 5.48. The molecule has 1 saturated heterocycles. The van der Waals surface area contributed by atoms with Crippen molar-refractivity contribution in [1.29, 1.82) is 0 Å². The summed E-state index contributed by atoms with van der Waals surface area (Å²) in [5, 5.41) is 2.89. The number of amides is 1. The van der Waals surface area contributed by atoms with Crippen LogP contribution in [-0.2, 0) is 16.1 Å². The molecule has 1 N–H and O–H groups in total. The first-order chi connectivity index (χ1) is 8.34. The van der Waals surface area contributed by atoms with Crippen molar-refractivity contribution in [2.24, 2.45) is 0 Å². The van der Waals surface area contributed by atoms with Crippen LogP contribution in [0.3, 0.4) is 0 Å². The normalized spacial score (nSPS) is 19.2. The van der Waals surface area contributed by atoms with E-state index in [2.05, 4.69) is 10.3 Å². The zero-order valence-corrected chi connectivity index (χ0v) is 9.89. The predicted molar refractivity (Wildman–Crippen MR) is 64.3 cm³/mol. The zero-order chi connectivity index (χ0) is 11.9. The molecule has 1 unspecified atom stereocenters. The van der Waals surface area contributed by atoms with Crippen molar-refractivity contribution in [2.45, 2.75) is 38.3 Å². The Balaban J connectivity index is 1.64. The van der Waals surface area contributed by atoms with Crippen molar-refractivity contribution in [1.82, 2.24) is 10.3 Å². The molecule has 1 aliphatic heterocycles. The van der Waals surface area contributed by atoms with Gasteiger partial charge in [-0.15, -0.1) is 0 Å². The summed E-state index contributed by atoms with van der Waals surface area (Å²) in [6.07, 6.45) is 7.38. The van der Waals surface area contributed by atoms with Crippen molar-refractivity contribution in [2.75, 3.05) is 6.61 Å². The Labute approximate surface area is 101 Å². The van der Waals surface area contributed by atoms with Gasteiger partial charge in [-0.2, -0.15) is 0 Å². The lowest BCUT2D eigenvalue weighted by atomic mass is 10.1. The second kappa shape index (κ2) is 6.35. The molecule has 4 heteroatoms. The molecule has 0 spiro atoms. The van der Waals surface area contributed by atoms with Crippen LogP contribution in [-0.4, -0.2) is 23.6 Å². The van der Waals surface area contributed by atoms with Crippen molar-refractivity contribution in [3.05, 3.63) is 30.1 Å². The molecule has 2 rings (SSSR count). The van der Waals surface area contributed by atoms with Crippen LogP contribution in [0.25, 0.3) is 0 Å².